The topological polar surface area (TPSA) is 56.7 Å². The molecule has 0 aliphatic carbocycles. The molecule has 0 amide bonds. The van der Waals surface area contributed by atoms with Crippen molar-refractivity contribution in [1.29, 1.82) is 0 Å². The molecule has 0 saturated carbocycles. The summed E-state index contributed by atoms with van der Waals surface area (Å²) in [4.78, 5) is 8.72. The summed E-state index contributed by atoms with van der Waals surface area (Å²) in [7, 11) is 0. The van der Waals surface area contributed by atoms with Crippen molar-refractivity contribution in [3.05, 3.63) is 47.8 Å². The summed E-state index contributed by atoms with van der Waals surface area (Å²) >= 11 is 0. The normalized spacial score (nSPS) is 12.7. The Hall–Kier alpha value is -1.68. The highest BCUT2D eigenvalue weighted by atomic mass is 15.1. The molecule has 4 heteroatoms. The third-order valence-corrected chi connectivity index (χ3v) is 2.60. The molecule has 0 fully saturated rings. The Kier molecular flexibility index (Phi) is 3.01. The van der Waals surface area contributed by atoms with Crippen molar-refractivity contribution in [3.8, 4) is 0 Å². The molecule has 2 aromatic rings. The number of aromatic nitrogens is 3. The molecule has 0 aromatic carbocycles. The summed E-state index contributed by atoms with van der Waals surface area (Å²) in [5.74, 6) is 0.862. The van der Waals surface area contributed by atoms with Crippen molar-refractivity contribution < 1.29 is 0 Å². The summed E-state index contributed by atoms with van der Waals surface area (Å²) in [5, 5.41) is 0. The SMILES string of the molecule is CCn1ccnc1C(N)c1cccc(C)n1. The zero-order valence-corrected chi connectivity index (χ0v) is 9.59. The van der Waals surface area contributed by atoms with E-state index in [4.69, 9.17) is 5.73 Å². The fraction of sp³-hybridized carbons (Fsp3) is 0.333. The molecule has 0 spiro atoms. The number of hydrogen-bond acceptors (Lipinski definition) is 3. The smallest absolute Gasteiger partial charge is 0.131 e. The van der Waals surface area contributed by atoms with E-state index in [1.807, 2.05) is 35.9 Å². The van der Waals surface area contributed by atoms with Crippen molar-refractivity contribution in [2.24, 2.45) is 5.73 Å². The summed E-state index contributed by atoms with van der Waals surface area (Å²) in [6.07, 6.45) is 3.71. The molecule has 0 saturated heterocycles. The standard InChI is InChI=1S/C12H16N4/c1-3-16-8-7-14-12(16)11(13)10-6-4-5-9(2)15-10/h4-8,11H,3,13H2,1-2H3. The van der Waals surface area contributed by atoms with Crippen LogP contribution in [0.5, 0.6) is 0 Å². The van der Waals surface area contributed by atoms with Gasteiger partial charge in [0.05, 0.1) is 5.69 Å². The van der Waals surface area contributed by atoms with Gasteiger partial charge in [-0.25, -0.2) is 4.98 Å². The predicted molar refractivity (Wildman–Crippen MR) is 62.9 cm³/mol. The minimum atomic E-state index is -0.255. The van der Waals surface area contributed by atoms with E-state index >= 15 is 0 Å². The lowest BCUT2D eigenvalue weighted by atomic mass is 10.2. The molecule has 2 aromatic heterocycles. The maximum atomic E-state index is 6.16. The summed E-state index contributed by atoms with van der Waals surface area (Å²) in [5.41, 5.74) is 8.00. The third kappa shape index (κ3) is 1.97. The van der Waals surface area contributed by atoms with Crippen molar-refractivity contribution in [2.45, 2.75) is 26.4 Å². The monoisotopic (exact) mass is 216 g/mol. The zero-order chi connectivity index (χ0) is 11.5. The van der Waals surface area contributed by atoms with Gasteiger partial charge in [-0.3, -0.25) is 4.98 Å². The van der Waals surface area contributed by atoms with Gasteiger partial charge in [-0.15, -0.1) is 0 Å². The first kappa shape index (κ1) is 10.8. The Balaban J connectivity index is 2.35. The van der Waals surface area contributed by atoms with E-state index in [1.54, 1.807) is 6.20 Å². The molecule has 0 aliphatic heterocycles. The van der Waals surface area contributed by atoms with Crippen LogP contribution in [0.1, 0.15) is 30.2 Å². The van der Waals surface area contributed by atoms with Crippen LogP contribution in [0.2, 0.25) is 0 Å². The first-order valence-corrected chi connectivity index (χ1v) is 5.42. The molecule has 16 heavy (non-hydrogen) atoms. The summed E-state index contributed by atoms with van der Waals surface area (Å²) in [6, 6.07) is 5.61. The van der Waals surface area contributed by atoms with Gasteiger partial charge in [-0.1, -0.05) is 6.07 Å². The lowest BCUT2D eigenvalue weighted by Crippen LogP contribution is -2.18. The molecular weight excluding hydrogens is 200 g/mol. The van der Waals surface area contributed by atoms with Gasteiger partial charge in [0, 0.05) is 24.6 Å². The van der Waals surface area contributed by atoms with E-state index in [9.17, 15) is 0 Å². The van der Waals surface area contributed by atoms with Crippen LogP contribution in [0.4, 0.5) is 0 Å². The second-order valence-corrected chi connectivity index (χ2v) is 3.75. The number of aryl methyl sites for hydroxylation is 2. The third-order valence-electron chi connectivity index (χ3n) is 2.60. The van der Waals surface area contributed by atoms with Crippen LogP contribution in [0.3, 0.4) is 0 Å². The highest BCUT2D eigenvalue weighted by Gasteiger charge is 2.15. The van der Waals surface area contributed by atoms with E-state index in [2.05, 4.69) is 16.9 Å². The molecule has 0 bridgehead atoms. The van der Waals surface area contributed by atoms with E-state index in [0.29, 0.717) is 0 Å². The number of rotatable bonds is 3. The fourth-order valence-corrected chi connectivity index (χ4v) is 1.74. The lowest BCUT2D eigenvalue weighted by molar-refractivity contribution is 0.646. The van der Waals surface area contributed by atoms with Crippen LogP contribution in [-0.2, 0) is 6.54 Å². The lowest BCUT2D eigenvalue weighted by Gasteiger charge is -2.12. The largest absolute Gasteiger partial charge is 0.334 e. The van der Waals surface area contributed by atoms with E-state index in [0.717, 1.165) is 23.8 Å². The van der Waals surface area contributed by atoms with Gasteiger partial charge in [0.15, 0.2) is 0 Å². The van der Waals surface area contributed by atoms with E-state index in [1.165, 1.54) is 0 Å². The fourth-order valence-electron chi connectivity index (χ4n) is 1.74. The summed E-state index contributed by atoms with van der Waals surface area (Å²) in [6.45, 7) is 4.90. The predicted octanol–water partition coefficient (Wildman–Crippen LogP) is 1.65. The van der Waals surface area contributed by atoms with Gasteiger partial charge in [-0.2, -0.15) is 0 Å². The highest BCUT2D eigenvalue weighted by molar-refractivity contribution is 5.19. The molecule has 4 nitrogen and oxygen atoms in total. The quantitative estimate of drug-likeness (QED) is 0.848. The van der Waals surface area contributed by atoms with Gasteiger partial charge in [-0.05, 0) is 26.0 Å². The second-order valence-electron chi connectivity index (χ2n) is 3.75. The Morgan fingerprint density at radius 1 is 1.44 bits per heavy atom. The average molecular weight is 216 g/mol. The van der Waals surface area contributed by atoms with Gasteiger partial charge in [0.25, 0.3) is 0 Å². The minimum absolute atomic E-state index is 0.255. The average Bonchev–Trinajstić information content (AvgIpc) is 2.76. The molecular formula is C12H16N4. The van der Waals surface area contributed by atoms with Crippen molar-refractivity contribution in [3.63, 3.8) is 0 Å². The van der Waals surface area contributed by atoms with Gasteiger partial charge in [0.2, 0.25) is 0 Å². The number of imidazole rings is 1. The van der Waals surface area contributed by atoms with Crippen molar-refractivity contribution in [1.82, 2.24) is 14.5 Å². The van der Waals surface area contributed by atoms with Crippen LogP contribution in [-0.4, -0.2) is 14.5 Å². The van der Waals surface area contributed by atoms with E-state index < -0.39 is 0 Å². The van der Waals surface area contributed by atoms with Crippen LogP contribution < -0.4 is 5.73 Å². The number of nitrogens with zero attached hydrogens (tertiary/aromatic N) is 3. The number of nitrogens with two attached hydrogens (primary N) is 1. The van der Waals surface area contributed by atoms with Crippen LogP contribution in [0, 0.1) is 6.92 Å². The molecule has 0 radical (unpaired) electrons. The van der Waals surface area contributed by atoms with Gasteiger partial charge >= 0.3 is 0 Å². The summed E-state index contributed by atoms with van der Waals surface area (Å²) < 4.78 is 2.04. The molecule has 1 atom stereocenters. The maximum Gasteiger partial charge on any atom is 0.131 e. The Morgan fingerprint density at radius 2 is 2.25 bits per heavy atom. The molecule has 1 unspecified atom stereocenters. The van der Waals surface area contributed by atoms with Gasteiger partial charge in [0.1, 0.15) is 11.9 Å². The first-order chi connectivity index (χ1) is 7.72. The Bertz CT molecular complexity index is 475. The second kappa shape index (κ2) is 4.45. The zero-order valence-electron chi connectivity index (χ0n) is 9.59. The van der Waals surface area contributed by atoms with Crippen LogP contribution >= 0.6 is 0 Å². The minimum Gasteiger partial charge on any atom is -0.334 e. The molecule has 2 heterocycles. The van der Waals surface area contributed by atoms with E-state index in [-0.39, 0.29) is 6.04 Å². The van der Waals surface area contributed by atoms with Crippen molar-refractivity contribution in [2.75, 3.05) is 0 Å². The molecule has 84 valence electrons. The van der Waals surface area contributed by atoms with Crippen LogP contribution in [0.15, 0.2) is 30.6 Å². The molecule has 2 N–H and O–H groups in total. The first-order valence-electron chi connectivity index (χ1n) is 5.42. The van der Waals surface area contributed by atoms with Crippen molar-refractivity contribution >= 4 is 0 Å². The number of pyridine rings is 1. The maximum absolute atomic E-state index is 6.16. The Morgan fingerprint density at radius 3 is 2.94 bits per heavy atom. The molecule has 2 rings (SSSR count). The Labute approximate surface area is 95.1 Å². The molecule has 0 aliphatic rings. The van der Waals surface area contributed by atoms with Gasteiger partial charge < -0.3 is 10.3 Å². The van der Waals surface area contributed by atoms with Crippen LogP contribution in [0.25, 0.3) is 0 Å². The highest BCUT2D eigenvalue weighted by Crippen LogP contribution is 2.16. The number of hydrogen-bond donors (Lipinski definition) is 1.